The van der Waals surface area contributed by atoms with Gasteiger partial charge in [0.25, 0.3) is 0 Å². The molecule has 3 N–H and O–H groups in total. The lowest BCUT2D eigenvalue weighted by Crippen LogP contribution is -2.34. The molecule has 142 valence electrons. The summed E-state index contributed by atoms with van der Waals surface area (Å²) in [5, 5.41) is 24.3. The molecule has 0 bridgehead atoms. The van der Waals surface area contributed by atoms with E-state index in [1.54, 1.807) is 11.8 Å². The number of aliphatic carboxylic acids is 1. The summed E-state index contributed by atoms with van der Waals surface area (Å²) in [5.41, 5.74) is 0. The fraction of sp³-hybridized carbons (Fsp3) is 0.778. The molecule has 0 amide bonds. The fourth-order valence-electron chi connectivity index (χ4n) is 3.49. The first-order valence-corrected chi connectivity index (χ1v) is 11.1. The summed E-state index contributed by atoms with van der Waals surface area (Å²) in [6.45, 7) is 0. The SMILES string of the molecule is O=C1CC[C@H](/C=C/CC2CCCC2)[C@H]1SCCCSC(O)(O)C(=O)O. The van der Waals surface area contributed by atoms with Crippen molar-refractivity contribution in [1.29, 1.82) is 0 Å². The summed E-state index contributed by atoms with van der Waals surface area (Å²) < 4.78 is 0. The van der Waals surface area contributed by atoms with Gasteiger partial charge in [0.1, 0.15) is 5.78 Å². The molecule has 0 heterocycles. The van der Waals surface area contributed by atoms with Crippen molar-refractivity contribution in [2.75, 3.05) is 11.5 Å². The fourth-order valence-corrected chi connectivity index (χ4v) is 5.71. The van der Waals surface area contributed by atoms with Crippen molar-refractivity contribution < 1.29 is 24.9 Å². The third-order valence-corrected chi connectivity index (χ3v) is 7.49. The van der Waals surface area contributed by atoms with Crippen molar-refractivity contribution in [2.45, 2.75) is 61.7 Å². The van der Waals surface area contributed by atoms with Crippen molar-refractivity contribution >= 4 is 35.3 Å². The average Bonchev–Trinajstić information content (AvgIpc) is 3.18. The quantitative estimate of drug-likeness (QED) is 0.301. The standard InChI is InChI=1S/C18H28O5S2/c19-15-10-9-14(8-3-7-13-5-1-2-6-13)16(15)24-11-4-12-25-18(22,23)17(20)21/h3,8,13-14,16,22-23H,1-2,4-7,9-12H2,(H,20,21)/b8-3+/t14-,16+/m0/s1. The molecule has 0 unspecified atom stereocenters. The van der Waals surface area contributed by atoms with Gasteiger partial charge in [-0.1, -0.05) is 49.6 Å². The lowest BCUT2D eigenvalue weighted by atomic mass is 10.0. The van der Waals surface area contributed by atoms with E-state index in [9.17, 15) is 19.8 Å². The van der Waals surface area contributed by atoms with Crippen LogP contribution in [0.25, 0.3) is 0 Å². The number of aliphatic hydroxyl groups is 2. The van der Waals surface area contributed by atoms with Gasteiger partial charge in [0.15, 0.2) is 0 Å². The zero-order valence-electron chi connectivity index (χ0n) is 14.4. The summed E-state index contributed by atoms with van der Waals surface area (Å²) in [4.78, 5) is 22.7. The molecular weight excluding hydrogens is 360 g/mol. The first-order chi connectivity index (χ1) is 11.9. The van der Waals surface area contributed by atoms with Crippen LogP contribution in [0.5, 0.6) is 0 Å². The monoisotopic (exact) mass is 388 g/mol. The molecule has 2 aliphatic rings. The summed E-state index contributed by atoms with van der Waals surface area (Å²) in [7, 11) is 0. The van der Waals surface area contributed by atoms with Crippen LogP contribution in [0.3, 0.4) is 0 Å². The summed E-state index contributed by atoms with van der Waals surface area (Å²) >= 11 is 2.22. The Balaban J connectivity index is 1.68. The van der Waals surface area contributed by atoms with Gasteiger partial charge in [0.2, 0.25) is 0 Å². The number of hydrogen-bond donors (Lipinski definition) is 3. The minimum atomic E-state index is -2.72. The van der Waals surface area contributed by atoms with Crippen LogP contribution in [0.2, 0.25) is 0 Å². The van der Waals surface area contributed by atoms with E-state index in [2.05, 4.69) is 12.2 Å². The van der Waals surface area contributed by atoms with Crippen LogP contribution in [0.15, 0.2) is 12.2 Å². The molecule has 25 heavy (non-hydrogen) atoms. The Hall–Kier alpha value is -0.500. The smallest absolute Gasteiger partial charge is 0.375 e. The van der Waals surface area contributed by atoms with Crippen molar-refractivity contribution in [3.05, 3.63) is 12.2 Å². The van der Waals surface area contributed by atoms with Crippen LogP contribution < -0.4 is 0 Å². The third-order valence-electron chi connectivity index (χ3n) is 4.93. The molecule has 0 saturated heterocycles. The number of ketones is 1. The molecule has 2 saturated carbocycles. The normalized spacial score (nSPS) is 25.3. The van der Waals surface area contributed by atoms with Crippen LogP contribution in [-0.2, 0) is 9.59 Å². The van der Waals surface area contributed by atoms with E-state index < -0.39 is 11.1 Å². The lowest BCUT2D eigenvalue weighted by Gasteiger charge is -2.17. The van der Waals surface area contributed by atoms with Crippen molar-refractivity contribution in [3.8, 4) is 0 Å². The van der Waals surface area contributed by atoms with E-state index in [0.717, 1.165) is 18.8 Å². The van der Waals surface area contributed by atoms with Gasteiger partial charge >= 0.3 is 11.1 Å². The molecule has 2 atom stereocenters. The second-order valence-corrected chi connectivity index (χ2v) is 9.41. The predicted molar refractivity (Wildman–Crippen MR) is 102 cm³/mol. The molecule has 0 aliphatic heterocycles. The van der Waals surface area contributed by atoms with Gasteiger partial charge in [-0.05, 0) is 42.6 Å². The zero-order valence-corrected chi connectivity index (χ0v) is 16.1. The second-order valence-electron chi connectivity index (χ2n) is 6.89. The molecule has 2 aliphatic carbocycles. The second kappa shape index (κ2) is 10.00. The molecule has 0 aromatic rings. The summed E-state index contributed by atoms with van der Waals surface area (Å²) in [5.74, 6) is 0.825. The largest absolute Gasteiger partial charge is 0.477 e. The van der Waals surface area contributed by atoms with Crippen LogP contribution in [0.1, 0.15) is 51.4 Å². The lowest BCUT2D eigenvalue weighted by molar-refractivity contribution is -0.174. The van der Waals surface area contributed by atoms with E-state index in [-0.39, 0.29) is 5.25 Å². The third kappa shape index (κ3) is 6.62. The Morgan fingerprint density at radius 2 is 1.92 bits per heavy atom. The maximum absolute atomic E-state index is 12.1. The Bertz CT molecular complexity index is 486. The van der Waals surface area contributed by atoms with Crippen LogP contribution >= 0.6 is 23.5 Å². The van der Waals surface area contributed by atoms with E-state index in [1.165, 1.54) is 25.7 Å². The van der Waals surface area contributed by atoms with Gasteiger partial charge in [0.05, 0.1) is 5.25 Å². The Morgan fingerprint density at radius 3 is 2.60 bits per heavy atom. The minimum absolute atomic E-state index is 0.00249. The van der Waals surface area contributed by atoms with Crippen LogP contribution in [-0.4, -0.2) is 48.9 Å². The molecule has 2 rings (SSSR count). The molecule has 2 fully saturated rings. The first-order valence-electron chi connectivity index (χ1n) is 9.03. The summed E-state index contributed by atoms with van der Waals surface area (Å²) in [6.07, 6.45) is 13.2. The number of carboxylic acid groups (broad SMARTS) is 1. The zero-order chi connectivity index (χ0) is 18.3. The highest BCUT2D eigenvalue weighted by Gasteiger charge is 2.34. The van der Waals surface area contributed by atoms with Crippen molar-refractivity contribution in [2.24, 2.45) is 11.8 Å². The summed E-state index contributed by atoms with van der Waals surface area (Å²) in [6, 6.07) is 0. The van der Waals surface area contributed by atoms with Gasteiger partial charge < -0.3 is 15.3 Å². The Morgan fingerprint density at radius 1 is 1.20 bits per heavy atom. The van der Waals surface area contributed by atoms with E-state index in [0.29, 0.717) is 47.8 Å². The van der Waals surface area contributed by atoms with E-state index in [4.69, 9.17) is 5.11 Å². The maximum Gasteiger partial charge on any atom is 0.375 e. The van der Waals surface area contributed by atoms with Gasteiger partial charge in [-0.3, -0.25) is 4.79 Å². The number of rotatable bonds is 10. The molecule has 5 nitrogen and oxygen atoms in total. The van der Waals surface area contributed by atoms with Crippen molar-refractivity contribution in [3.63, 3.8) is 0 Å². The minimum Gasteiger partial charge on any atom is -0.477 e. The number of hydrogen-bond acceptors (Lipinski definition) is 6. The number of allylic oxidation sites excluding steroid dienone is 2. The molecule has 0 spiro atoms. The number of carbonyl (C=O) groups is 2. The predicted octanol–water partition coefficient (Wildman–Crippen LogP) is 3.05. The van der Waals surface area contributed by atoms with Gasteiger partial charge in [-0.2, -0.15) is 0 Å². The molecular formula is C18H28O5S2. The van der Waals surface area contributed by atoms with Gasteiger partial charge in [-0.25, -0.2) is 4.79 Å². The van der Waals surface area contributed by atoms with Gasteiger partial charge in [-0.15, -0.1) is 11.8 Å². The van der Waals surface area contributed by atoms with Crippen LogP contribution in [0, 0.1) is 11.8 Å². The van der Waals surface area contributed by atoms with Crippen molar-refractivity contribution in [1.82, 2.24) is 0 Å². The number of Topliss-reactive ketones (excluding diaryl/α,β-unsaturated/α-hetero) is 1. The van der Waals surface area contributed by atoms with E-state index >= 15 is 0 Å². The molecule has 0 aromatic carbocycles. The topological polar surface area (TPSA) is 94.8 Å². The van der Waals surface area contributed by atoms with Crippen LogP contribution in [0.4, 0.5) is 0 Å². The number of carbonyl (C=O) groups excluding carboxylic acids is 1. The highest BCUT2D eigenvalue weighted by molar-refractivity contribution is 8.01. The molecule has 0 aromatic heterocycles. The first kappa shape index (κ1) is 20.8. The highest BCUT2D eigenvalue weighted by Crippen LogP contribution is 2.35. The Labute approximate surface area is 157 Å². The Kier molecular flexibility index (Phi) is 8.32. The number of carboxylic acids is 1. The van der Waals surface area contributed by atoms with E-state index in [1.807, 2.05) is 0 Å². The molecule has 7 heteroatoms. The maximum atomic E-state index is 12.1. The van der Waals surface area contributed by atoms with Gasteiger partial charge in [0, 0.05) is 6.42 Å². The molecule has 0 radical (unpaired) electrons. The number of thioether (sulfide) groups is 2. The average molecular weight is 389 g/mol. The highest BCUT2D eigenvalue weighted by atomic mass is 32.2.